The first-order valence-corrected chi connectivity index (χ1v) is 6.69. The van der Waals surface area contributed by atoms with E-state index < -0.39 is 0 Å². The van der Waals surface area contributed by atoms with Crippen molar-refractivity contribution >= 4 is 0 Å². The summed E-state index contributed by atoms with van der Waals surface area (Å²) in [7, 11) is 0. The maximum absolute atomic E-state index is 5.59. The van der Waals surface area contributed by atoms with E-state index in [4.69, 9.17) is 4.74 Å². The summed E-state index contributed by atoms with van der Waals surface area (Å²) >= 11 is 0. The number of nitrogens with one attached hydrogen (secondary N) is 2. The van der Waals surface area contributed by atoms with Crippen LogP contribution in [0.25, 0.3) is 0 Å². The maximum atomic E-state index is 5.59. The minimum absolute atomic E-state index is 0.487. The van der Waals surface area contributed by atoms with E-state index >= 15 is 0 Å². The summed E-state index contributed by atoms with van der Waals surface area (Å²) in [6.07, 6.45) is 8.31. The Morgan fingerprint density at radius 1 is 1.65 bits per heavy atom. The summed E-state index contributed by atoms with van der Waals surface area (Å²) in [6, 6.07) is 0.487. The molecule has 96 valence electrons. The normalized spacial score (nSPS) is 22.5. The lowest BCUT2D eigenvalue weighted by Crippen LogP contribution is -2.42. The van der Waals surface area contributed by atoms with Crippen molar-refractivity contribution in [2.45, 2.75) is 38.6 Å². The Labute approximate surface area is 103 Å². The van der Waals surface area contributed by atoms with Gasteiger partial charge in [0.05, 0.1) is 6.61 Å². The lowest BCUT2D eigenvalue weighted by molar-refractivity contribution is 0.0391. The van der Waals surface area contributed by atoms with Crippen LogP contribution in [0.1, 0.15) is 32.0 Å². The minimum atomic E-state index is 0.487. The van der Waals surface area contributed by atoms with Crippen LogP contribution in [-0.4, -0.2) is 35.8 Å². The molecule has 0 saturated carbocycles. The zero-order valence-electron chi connectivity index (χ0n) is 10.6. The first kappa shape index (κ1) is 12.6. The summed E-state index contributed by atoms with van der Waals surface area (Å²) in [5.74, 6) is 1.70. The van der Waals surface area contributed by atoms with Gasteiger partial charge in [-0.2, -0.15) is 0 Å². The summed E-state index contributed by atoms with van der Waals surface area (Å²) in [5.41, 5.74) is 0. The van der Waals surface area contributed by atoms with E-state index in [0.29, 0.717) is 12.0 Å². The molecule has 4 heteroatoms. The number of hydrogen-bond acceptors (Lipinski definition) is 3. The van der Waals surface area contributed by atoms with Crippen LogP contribution in [0.3, 0.4) is 0 Å². The van der Waals surface area contributed by atoms with Gasteiger partial charge in [0.25, 0.3) is 0 Å². The van der Waals surface area contributed by atoms with Crippen molar-refractivity contribution in [3.63, 3.8) is 0 Å². The molecule has 2 atom stereocenters. The number of ether oxygens (including phenoxy) is 1. The molecule has 0 radical (unpaired) electrons. The zero-order valence-corrected chi connectivity index (χ0v) is 10.6. The fourth-order valence-corrected chi connectivity index (χ4v) is 2.44. The standard InChI is InChI=1S/C13H23N3O/c1-2-5-14-12(9-13-15-6-7-16-13)11-4-3-8-17-10-11/h6-7,11-12,14H,2-5,8-10H2,1H3,(H,15,16). The van der Waals surface area contributed by atoms with Crippen LogP contribution in [0.15, 0.2) is 12.4 Å². The SMILES string of the molecule is CCCNC(Cc1ncc[nH]1)C1CCCOC1. The number of aromatic amines is 1. The van der Waals surface area contributed by atoms with E-state index in [0.717, 1.165) is 32.0 Å². The molecule has 2 unspecified atom stereocenters. The van der Waals surface area contributed by atoms with Gasteiger partial charge in [0.1, 0.15) is 5.82 Å². The van der Waals surface area contributed by atoms with Crippen molar-refractivity contribution in [3.8, 4) is 0 Å². The highest BCUT2D eigenvalue weighted by molar-refractivity contribution is 4.93. The number of H-pyrrole nitrogens is 1. The van der Waals surface area contributed by atoms with Crippen molar-refractivity contribution in [3.05, 3.63) is 18.2 Å². The molecule has 1 aliphatic rings. The zero-order chi connectivity index (χ0) is 11.9. The van der Waals surface area contributed by atoms with Gasteiger partial charge >= 0.3 is 0 Å². The average Bonchev–Trinajstić information content (AvgIpc) is 2.88. The molecule has 1 aromatic rings. The van der Waals surface area contributed by atoms with Crippen LogP contribution in [-0.2, 0) is 11.2 Å². The topological polar surface area (TPSA) is 49.9 Å². The molecule has 17 heavy (non-hydrogen) atoms. The van der Waals surface area contributed by atoms with Crippen LogP contribution < -0.4 is 5.32 Å². The van der Waals surface area contributed by atoms with Gasteiger partial charge in [-0.05, 0) is 31.7 Å². The van der Waals surface area contributed by atoms with E-state index in [2.05, 4.69) is 22.2 Å². The maximum Gasteiger partial charge on any atom is 0.107 e. The monoisotopic (exact) mass is 237 g/mol. The van der Waals surface area contributed by atoms with Gasteiger partial charge in [-0.25, -0.2) is 4.98 Å². The van der Waals surface area contributed by atoms with E-state index in [-0.39, 0.29) is 0 Å². The molecule has 1 aliphatic heterocycles. The van der Waals surface area contributed by atoms with Crippen molar-refractivity contribution < 1.29 is 4.74 Å². The van der Waals surface area contributed by atoms with Crippen molar-refractivity contribution in [2.24, 2.45) is 5.92 Å². The number of nitrogens with zero attached hydrogens (tertiary/aromatic N) is 1. The number of imidazole rings is 1. The van der Waals surface area contributed by atoms with Crippen LogP contribution in [0.2, 0.25) is 0 Å². The Morgan fingerprint density at radius 3 is 3.24 bits per heavy atom. The second kappa shape index (κ2) is 6.77. The van der Waals surface area contributed by atoms with Crippen LogP contribution in [0, 0.1) is 5.92 Å². The third-order valence-corrected chi connectivity index (χ3v) is 3.39. The van der Waals surface area contributed by atoms with Gasteiger partial charge in [-0.3, -0.25) is 0 Å². The molecular formula is C13H23N3O. The van der Waals surface area contributed by atoms with Crippen molar-refractivity contribution in [2.75, 3.05) is 19.8 Å². The fourth-order valence-electron chi connectivity index (χ4n) is 2.44. The third kappa shape index (κ3) is 3.82. The lowest BCUT2D eigenvalue weighted by Gasteiger charge is -2.30. The van der Waals surface area contributed by atoms with Crippen LogP contribution in [0.5, 0.6) is 0 Å². The van der Waals surface area contributed by atoms with Gasteiger partial charge in [0.2, 0.25) is 0 Å². The van der Waals surface area contributed by atoms with E-state index in [1.165, 1.54) is 19.3 Å². The molecule has 0 spiro atoms. The first-order valence-electron chi connectivity index (χ1n) is 6.69. The fraction of sp³-hybridized carbons (Fsp3) is 0.769. The molecule has 0 amide bonds. The van der Waals surface area contributed by atoms with E-state index in [9.17, 15) is 0 Å². The van der Waals surface area contributed by atoms with E-state index in [1.807, 2.05) is 12.4 Å². The van der Waals surface area contributed by atoms with Gasteiger partial charge in [-0.15, -0.1) is 0 Å². The Morgan fingerprint density at radius 2 is 2.59 bits per heavy atom. The predicted octanol–water partition coefficient (Wildman–Crippen LogP) is 1.75. The molecule has 0 aliphatic carbocycles. The number of hydrogen-bond donors (Lipinski definition) is 2. The smallest absolute Gasteiger partial charge is 0.107 e. The summed E-state index contributed by atoms with van der Waals surface area (Å²) in [6.45, 7) is 5.09. The largest absolute Gasteiger partial charge is 0.381 e. The Kier molecular flexibility index (Phi) is 5.01. The molecule has 2 rings (SSSR count). The van der Waals surface area contributed by atoms with Crippen molar-refractivity contribution in [1.29, 1.82) is 0 Å². The summed E-state index contributed by atoms with van der Waals surface area (Å²) in [4.78, 5) is 7.51. The second-order valence-electron chi connectivity index (χ2n) is 4.78. The molecule has 1 aromatic heterocycles. The minimum Gasteiger partial charge on any atom is -0.381 e. The second-order valence-corrected chi connectivity index (χ2v) is 4.78. The predicted molar refractivity (Wildman–Crippen MR) is 67.9 cm³/mol. The third-order valence-electron chi connectivity index (χ3n) is 3.39. The van der Waals surface area contributed by atoms with Gasteiger partial charge in [0, 0.05) is 31.5 Å². The molecule has 2 heterocycles. The Bertz CT molecular complexity index is 294. The highest BCUT2D eigenvalue weighted by atomic mass is 16.5. The Hall–Kier alpha value is -0.870. The van der Waals surface area contributed by atoms with Crippen LogP contribution >= 0.6 is 0 Å². The highest BCUT2D eigenvalue weighted by Crippen LogP contribution is 2.19. The highest BCUT2D eigenvalue weighted by Gasteiger charge is 2.24. The molecular weight excluding hydrogens is 214 g/mol. The van der Waals surface area contributed by atoms with Crippen LogP contribution in [0.4, 0.5) is 0 Å². The molecule has 0 aromatic carbocycles. The average molecular weight is 237 g/mol. The molecule has 2 N–H and O–H groups in total. The molecule has 1 saturated heterocycles. The van der Waals surface area contributed by atoms with Crippen molar-refractivity contribution in [1.82, 2.24) is 15.3 Å². The lowest BCUT2D eigenvalue weighted by atomic mass is 9.91. The van der Waals surface area contributed by atoms with E-state index in [1.54, 1.807) is 0 Å². The summed E-state index contributed by atoms with van der Waals surface area (Å²) < 4.78 is 5.59. The van der Waals surface area contributed by atoms with Gasteiger partial charge in [0.15, 0.2) is 0 Å². The number of aromatic nitrogens is 2. The van der Waals surface area contributed by atoms with Gasteiger partial charge < -0.3 is 15.0 Å². The van der Waals surface area contributed by atoms with Gasteiger partial charge in [-0.1, -0.05) is 6.92 Å². The molecule has 1 fully saturated rings. The Balaban J connectivity index is 1.91. The number of rotatable bonds is 6. The quantitative estimate of drug-likeness (QED) is 0.792. The first-order chi connectivity index (χ1) is 8.40. The molecule has 0 bridgehead atoms. The summed E-state index contributed by atoms with van der Waals surface area (Å²) in [5, 5.41) is 3.64. The molecule has 4 nitrogen and oxygen atoms in total.